The zero-order valence-electron chi connectivity index (χ0n) is 15.2. The lowest BCUT2D eigenvalue weighted by molar-refractivity contribution is -0.122. The van der Waals surface area contributed by atoms with Gasteiger partial charge < -0.3 is 15.4 Å². The Morgan fingerprint density at radius 3 is 2.22 bits per heavy atom. The van der Waals surface area contributed by atoms with Crippen molar-refractivity contribution in [3.8, 4) is 5.75 Å². The molecule has 3 rings (SSSR count). The van der Waals surface area contributed by atoms with Crippen molar-refractivity contribution in [2.24, 2.45) is 0 Å². The Morgan fingerprint density at radius 2 is 1.56 bits per heavy atom. The molecule has 138 valence electrons. The maximum atomic E-state index is 12.4. The largest absolute Gasteiger partial charge is 0.481 e. The highest BCUT2D eigenvalue weighted by Gasteiger charge is 2.16. The van der Waals surface area contributed by atoms with Crippen LogP contribution in [0, 0.1) is 6.92 Å². The smallest absolute Gasteiger partial charge is 0.265 e. The first-order valence-electron chi connectivity index (χ1n) is 8.67. The van der Waals surface area contributed by atoms with E-state index in [1.165, 1.54) is 0 Å². The lowest BCUT2D eigenvalue weighted by Crippen LogP contribution is -2.30. The summed E-state index contributed by atoms with van der Waals surface area (Å²) in [5.41, 5.74) is 3.55. The summed E-state index contributed by atoms with van der Waals surface area (Å²) in [5.74, 6) is 0.428. The minimum Gasteiger partial charge on any atom is -0.481 e. The minimum atomic E-state index is -0.632. The van der Waals surface area contributed by atoms with E-state index in [9.17, 15) is 4.79 Å². The molecule has 0 aromatic heterocycles. The third kappa shape index (κ3) is 5.25. The van der Waals surface area contributed by atoms with Gasteiger partial charge in [0.1, 0.15) is 5.75 Å². The maximum Gasteiger partial charge on any atom is 0.265 e. The third-order valence-electron chi connectivity index (χ3n) is 4.02. The first-order valence-corrected chi connectivity index (χ1v) is 9.05. The van der Waals surface area contributed by atoms with Crippen molar-refractivity contribution < 1.29 is 9.53 Å². The molecule has 0 spiro atoms. The molecule has 1 amide bonds. The van der Waals surface area contributed by atoms with Gasteiger partial charge in [-0.1, -0.05) is 29.8 Å². The molecule has 0 saturated heterocycles. The van der Waals surface area contributed by atoms with Gasteiger partial charge in [-0.2, -0.15) is 0 Å². The fourth-order valence-electron chi connectivity index (χ4n) is 2.56. The SMILES string of the molecule is Cc1cc(Cl)ccc1O[C@@H](C)C(=O)Nc1ccc(Nc2ccccc2)cc1. The maximum absolute atomic E-state index is 12.4. The van der Waals surface area contributed by atoms with Gasteiger partial charge in [-0.05, 0) is 74.0 Å². The van der Waals surface area contributed by atoms with Crippen LogP contribution in [0.1, 0.15) is 12.5 Å². The molecule has 3 aromatic rings. The van der Waals surface area contributed by atoms with Gasteiger partial charge in [0, 0.05) is 22.1 Å². The second-order valence-electron chi connectivity index (χ2n) is 6.23. The first kappa shape index (κ1) is 18.8. The summed E-state index contributed by atoms with van der Waals surface area (Å²) in [6, 6.07) is 22.8. The van der Waals surface area contributed by atoms with Crippen LogP contribution >= 0.6 is 11.6 Å². The Balaban J connectivity index is 1.58. The van der Waals surface area contributed by atoms with E-state index in [-0.39, 0.29) is 5.91 Å². The van der Waals surface area contributed by atoms with E-state index in [1.807, 2.05) is 61.5 Å². The number of rotatable bonds is 6. The Labute approximate surface area is 164 Å². The van der Waals surface area contributed by atoms with Crippen LogP contribution in [0.5, 0.6) is 5.75 Å². The van der Waals surface area contributed by atoms with Gasteiger partial charge in [-0.15, -0.1) is 0 Å². The fraction of sp³-hybridized carbons (Fsp3) is 0.136. The van der Waals surface area contributed by atoms with Crippen molar-refractivity contribution in [1.82, 2.24) is 0 Å². The van der Waals surface area contributed by atoms with Crippen LogP contribution in [-0.2, 0) is 4.79 Å². The van der Waals surface area contributed by atoms with Crippen molar-refractivity contribution in [2.75, 3.05) is 10.6 Å². The first-order chi connectivity index (χ1) is 13.0. The van der Waals surface area contributed by atoms with E-state index in [0.717, 1.165) is 16.9 Å². The van der Waals surface area contributed by atoms with Crippen molar-refractivity contribution in [1.29, 1.82) is 0 Å². The summed E-state index contributed by atoms with van der Waals surface area (Å²) < 4.78 is 5.75. The van der Waals surface area contributed by atoms with E-state index in [4.69, 9.17) is 16.3 Å². The van der Waals surface area contributed by atoms with Gasteiger partial charge in [-0.3, -0.25) is 4.79 Å². The van der Waals surface area contributed by atoms with Crippen LogP contribution in [0.25, 0.3) is 0 Å². The number of amides is 1. The number of anilines is 3. The number of benzene rings is 3. The average molecular weight is 381 g/mol. The van der Waals surface area contributed by atoms with Crippen LogP contribution in [0.2, 0.25) is 5.02 Å². The number of aryl methyl sites for hydroxylation is 1. The van der Waals surface area contributed by atoms with Crippen LogP contribution in [0.4, 0.5) is 17.1 Å². The summed E-state index contributed by atoms with van der Waals surface area (Å²) in [4.78, 5) is 12.4. The van der Waals surface area contributed by atoms with Crippen molar-refractivity contribution >= 4 is 34.6 Å². The topological polar surface area (TPSA) is 50.4 Å². The number of para-hydroxylation sites is 1. The Hall–Kier alpha value is -2.98. The molecular weight excluding hydrogens is 360 g/mol. The molecule has 0 bridgehead atoms. The summed E-state index contributed by atoms with van der Waals surface area (Å²) >= 11 is 5.95. The molecule has 1 atom stereocenters. The molecule has 2 N–H and O–H groups in total. The summed E-state index contributed by atoms with van der Waals surface area (Å²) in [5, 5.41) is 6.81. The highest BCUT2D eigenvalue weighted by molar-refractivity contribution is 6.30. The van der Waals surface area contributed by atoms with Crippen LogP contribution in [0.15, 0.2) is 72.8 Å². The van der Waals surface area contributed by atoms with Gasteiger partial charge in [0.15, 0.2) is 6.10 Å². The quantitative estimate of drug-likeness (QED) is 0.568. The molecular formula is C22H21ClN2O2. The Morgan fingerprint density at radius 1 is 0.926 bits per heavy atom. The van der Waals surface area contributed by atoms with Crippen LogP contribution in [-0.4, -0.2) is 12.0 Å². The second-order valence-corrected chi connectivity index (χ2v) is 6.66. The predicted molar refractivity (Wildman–Crippen MR) is 111 cm³/mol. The molecule has 5 heteroatoms. The number of carbonyl (C=O) groups excluding carboxylic acids is 1. The summed E-state index contributed by atoms with van der Waals surface area (Å²) in [6.45, 7) is 3.61. The number of hydrogen-bond donors (Lipinski definition) is 2. The minimum absolute atomic E-state index is 0.215. The highest BCUT2D eigenvalue weighted by atomic mass is 35.5. The molecule has 4 nitrogen and oxygen atoms in total. The molecule has 0 heterocycles. The molecule has 0 aliphatic rings. The van der Waals surface area contributed by atoms with Gasteiger partial charge >= 0.3 is 0 Å². The van der Waals surface area contributed by atoms with Gasteiger partial charge in [0.05, 0.1) is 0 Å². The number of halogens is 1. The number of ether oxygens (including phenoxy) is 1. The van der Waals surface area contributed by atoms with Crippen molar-refractivity contribution in [2.45, 2.75) is 20.0 Å². The Bertz CT molecular complexity index is 911. The molecule has 0 saturated carbocycles. The van der Waals surface area contributed by atoms with E-state index in [1.54, 1.807) is 25.1 Å². The predicted octanol–water partition coefficient (Wildman–Crippen LogP) is 5.80. The van der Waals surface area contributed by atoms with Gasteiger partial charge in [-0.25, -0.2) is 0 Å². The number of nitrogens with one attached hydrogen (secondary N) is 2. The van der Waals surface area contributed by atoms with E-state index in [2.05, 4.69) is 10.6 Å². The van der Waals surface area contributed by atoms with Crippen molar-refractivity contribution in [3.63, 3.8) is 0 Å². The summed E-state index contributed by atoms with van der Waals surface area (Å²) in [6.07, 6.45) is -0.632. The van der Waals surface area contributed by atoms with E-state index >= 15 is 0 Å². The van der Waals surface area contributed by atoms with Crippen molar-refractivity contribution in [3.05, 3.63) is 83.4 Å². The molecule has 0 radical (unpaired) electrons. The average Bonchev–Trinajstić information content (AvgIpc) is 2.66. The lowest BCUT2D eigenvalue weighted by atomic mass is 10.2. The van der Waals surface area contributed by atoms with Crippen LogP contribution < -0.4 is 15.4 Å². The molecule has 0 aliphatic heterocycles. The third-order valence-corrected chi connectivity index (χ3v) is 4.26. The normalized spacial score (nSPS) is 11.5. The Kier molecular flexibility index (Phi) is 5.99. The number of carbonyl (C=O) groups is 1. The fourth-order valence-corrected chi connectivity index (χ4v) is 2.78. The number of hydrogen-bond acceptors (Lipinski definition) is 3. The lowest BCUT2D eigenvalue weighted by Gasteiger charge is -2.16. The molecule has 3 aromatic carbocycles. The molecule has 0 aliphatic carbocycles. The standard InChI is InChI=1S/C22H21ClN2O2/c1-15-14-17(23)8-13-21(15)27-16(2)22(26)25-20-11-9-19(10-12-20)24-18-6-4-3-5-7-18/h3-14,16,24H,1-2H3,(H,25,26)/t16-/m0/s1. The monoisotopic (exact) mass is 380 g/mol. The van der Waals surface area contributed by atoms with Crippen LogP contribution in [0.3, 0.4) is 0 Å². The zero-order chi connectivity index (χ0) is 19.2. The van der Waals surface area contributed by atoms with Gasteiger partial charge in [0.2, 0.25) is 0 Å². The summed E-state index contributed by atoms with van der Waals surface area (Å²) in [7, 11) is 0. The highest BCUT2D eigenvalue weighted by Crippen LogP contribution is 2.23. The molecule has 0 unspecified atom stereocenters. The zero-order valence-corrected chi connectivity index (χ0v) is 16.0. The molecule has 27 heavy (non-hydrogen) atoms. The van der Waals surface area contributed by atoms with E-state index in [0.29, 0.717) is 16.5 Å². The van der Waals surface area contributed by atoms with Gasteiger partial charge in [0.25, 0.3) is 5.91 Å². The second kappa shape index (κ2) is 8.60. The van der Waals surface area contributed by atoms with E-state index < -0.39 is 6.10 Å². The molecule has 0 fully saturated rings.